The lowest BCUT2D eigenvalue weighted by molar-refractivity contribution is 0.171. The Bertz CT molecular complexity index is 424. The lowest BCUT2D eigenvalue weighted by atomic mass is 10.3. The van der Waals surface area contributed by atoms with E-state index in [2.05, 4.69) is 17.6 Å². The van der Waals surface area contributed by atoms with Crippen LogP contribution in [0.2, 0.25) is 0 Å². The van der Waals surface area contributed by atoms with E-state index in [-0.39, 0.29) is 0 Å². The summed E-state index contributed by atoms with van der Waals surface area (Å²) in [5, 5.41) is 0. The average Bonchev–Trinajstić information content (AvgIpc) is 2.55. The summed E-state index contributed by atoms with van der Waals surface area (Å²) in [5.74, 6) is 1.40. The third-order valence-electron chi connectivity index (χ3n) is 1.91. The van der Waals surface area contributed by atoms with Crippen molar-refractivity contribution in [2.45, 2.75) is 5.75 Å². The van der Waals surface area contributed by atoms with E-state index in [1.807, 2.05) is 24.3 Å². The fourth-order valence-corrected chi connectivity index (χ4v) is 1.56. The molecule has 0 amide bonds. The van der Waals surface area contributed by atoms with Crippen molar-refractivity contribution in [2.75, 3.05) is 7.11 Å². The van der Waals surface area contributed by atoms with Gasteiger partial charge in [0.2, 0.25) is 0 Å². The lowest BCUT2D eigenvalue weighted by Crippen LogP contribution is -2.08. The van der Waals surface area contributed by atoms with Gasteiger partial charge in [0, 0.05) is 0 Å². The number of thiol groups is 1. The summed E-state index contributed by atoms with van der Waals surface area (Å²) in [7, 11) is 1.63. The molecule has 0 N–H and O–H groups in total. The van der Waals surface area contributed by atoms with Gasteiger partial charge in [-0.05, 0) is 12.1 Å². The predicted molar refractivity (Wildman–Crippen MR) is 54.9 cm³/mol. The minimum absolute atomic E-state index is 0.572. The van der Waals surface area contributed by atoms with E-state index in [4.69, 9.17) is 4.84 Å². The molecule has 0 spiro atoms. The van der Waals surface area contributed by atoms with Crippen molar-refractivity contribution in [3.63, 3.8) is 0 Å². The van der Waals surface area contributed by atoms with Crippen molar-refractivity contribution >= 4 is 23.7 Å². The van der Waals surface area contributed by atoms with Crippen molar-refractivity contribution in [2.24, 2.45) is 0 Å². The van der Waals surface area contributed by atoms with Gasteiger partial charge in [0.25, 0.3) is 0 Å². The van der Waals surface area contributed by atoms with Crippen LogP contribution in [0.1, 0.15) is 5.82 Å². The highest BCUT2D eigenvalue weighted by Crippen LogP contribution is 2.15. The molecule has 0 saturated heterocycles. The highest BCUT2D eigenvalue weighted by Gasteiger charge is 2.07. The maximum Gasteiger partial charge on any atom is 0.155 e. The molecule has 0 aliphatic heterocycles. The van der Waals surface area contributed by atoms with E-state index < -0.39 is 0 Å². The van der Waals surface area contributed by atoms with Gasteiger partial charge >= 0.3 is 0 Å². The molecule has 13 heavy (non-hydrogen) atoms. The molecule has 4 heteroatoms. The van der Waals surface area contributed by atoms with Crippen LogP contribution in [0.15, 0.2) is 24.3 Å². The molecular formula is C9H10N2OS. The Balaban J connectivity index is 2.73. The molecule has 0 unspecified atom stereocenters. The van der Waals surface area contributed by atoms with E-state index in [1.54, 1.807) is 11.8 Å². The van der Waals surface area contributed by atoms with Crippen molar-refractivity contribution in [1.29, 1.82) is 0 Å². The zero-order valence-corrected chi connectivity index (χ0v) is 8.16. The van der Waals surface area contributed by atoms with Crippen LogP contribution in [0.25, 0.3) is 11.0 Å². The zero-order valence-electron chi connectivity index (χ0n) is 7.27. The van der Waals surface area contributed by atoms with Crippen LogP contribution in [0.3, 0.4) is 0 Å². The largest absolute Gasteiger partial charge is 0.415 e. The smallest absolute Gasteiger partial charge is 0.155 e. The van der Waals surface area contributed by atoms with Crippen LogP contribution in [-0.4, -0.2) is 16.8 Å². The molecule has 0 aliphatic rings. The average molecular weight is 194 g/mol. The zero-order chi connectivity index (χ0) is 9.26. The highest BCUT2D eigenvalue weighted by atomic mass is 32.1. The first-order chi connectivity index (χ1) is 6.36. The number of hydrogen-bond donors (Lipinski definition) is 1. The van der Waals surface area contributed by atoms with Crippen molar-refractivity contribution in [1.82, 2.24) is 9.71 Å². The summed E-state index contributed by atoms with van der Waals surface area (Å²) in [6.45, 7) is 0. The van der Waals surface area contributed by atoms with Gasteiger partial charge in [-0.25, -0.2) is 4.98 Å². The van der Waals surface area contributed by atoms with Crippen LogP contribution >= 0.6 is 12.6 Å². The third-order valence-corrected chi connectivity index (χ3v) is 2.19. The topological polar surface area (TPSA) is 27.1 Å². The van der Waals surface area contributed by atoms with E-state index in [1.165, 1.54) is 0 Å². The number of rotatable bonds is 2. The summed E-state index contributed by atoms with van der Waals surface area (Å²) in [5.41, 5.74) is 1.92. The van der Waals surface area contributed by atoms with Crippen LogP contribution in [0, 0.1) is 0 Å². The Morgan fingerprint density at radius 2 is 2.23 bits per heavy atom. The second-order valence-electron chi connectivity index (χ2n) is 2.65. The molecule has 0 fully saturated rings. The second-order valence-corrected chi connectivity index (χ2v) is 2.97. The quantitative estimate of drug-likeness (QED) is 0.734. The third kappa shape index (κ3) is 1.27. The SMILES string of the molecule is COn1c(CS)nc2ccccc21. The van der Waals surface area contributed by atoms with Gasteiger partial charge in [-0.15, -0.1) is 0 Å². The van der Waals surface area contributed by atoms with E-state index in [0.29, 0.717) is 5.75 Å². The summed E-state index contributed by atoms with van der Waals surface area (Å²) in [6, 6.07) is 7.84. The molecule has 68 valence electrons. The Hall–Kier alpha value is -1.16. The van der Waals surface area contributed by atoms with Gasteiger partial charge in [-0.1, -0.05) is 12.1 Å². The first-order valence-electron chi connectivity index (χ1n) is 3.98. The van der Waals surface area contributed by atoms with Gasteiger partial charge in [0.05, 0.1) is 11.3 Å². The monoisotopic (exact) mass is 194 g/mol. The van der Waals surface area contributed by atoms with E-state index >= 15 is 0 Å². The molecule has 1 heterocycles. The Labute approximate surface area is 81.7 Å². The highest BCUT2D eigenvalue weighted by molar-refractivity contribution is 7.79. The minimum Gasteiger partial charge on any atom is -0.415 e. The molecule has 1 aromatic heterocycles. The van der Waals surface area contributed by atoms with Gasteiger partial charge in [-0.2, -0.15) is 17.4 Å². The van der Waals surface area contributed by atoms with Gasteiger partial charge in [0.15, 0.2) is 5.82 Å². The maximum absolute atomic E-state index is 5.19. The van der Waals surface area contributed by atoms with E-state index in [0.717, 1.165) is 16.9 Å². The van der Waals surface area contributed by atoms with Crippen molar-refractivity contribution in [3.8, 4) is 0 Å². The van der Waals surface area contributed by atoms with E-state index in [9.17, 15) is 0 Å². The minimum atomic E-state index is 0.572. The standard InChI is InChI=1S/C9H10N2OS/c1-12-11-8-5-3-2-4-7(8)10-9(11)6-13/h2-5,13H,6H2,1H3. The molecular weight excluding hydrogens is 184 g/mol. The summed E-state index contributed by atoms with van der Waals surface area (Å²) in [6.07, 6.45) is 0. The fraction of sp³-hybridized carbons (Fsp3) is 0.222. The Morgan fingerprint density at radius 3 is 2.92 bits per heavy atom. The molecule has 2 aromatic rings. The molecule has 0 atom stereocenters. The molecule has 0 bridgehead atoms. The maximum atomic E-state index is 5.19. The first-order valence-corrected chi connectivity index (χ1v) is 4.61. The molecule has 0 aliphatic carbocycles. The number of nitrogens with zero attached hydrogens (tertiary/aromatic N) is 2. The number of para-hydroxylation sites is 2. The van der Waals surface area contributed by atoms with Crippen molar-refractivity contribution in [3.05, 3.63) is 30.1 Å². The number of hydrogen-bond acceptors (Lipinski definition) is 3. The van der Waals surface area contributed by atoms with Crippen molar-refractivity contribution < 1.29 is 4.84 Å². The molecule has 0 radical (unpaired) electrons. The summed E-state index contributed by atoms with van der Waals surface area (Å²) >= 11 is 4.18. The molecule has 3 nitrogen and oxygen atoms in total. The predicted octanol–water partition coefficient (Wildman–Crippen LogP) is 1.52. The normalized spacial score (nSPS) is 10.6. The Kier molecular flexibility index (Phi) is 2.14. The van der Waals surface area contributed by atoms with Crippen LogP contribution in [0.5, 0.6) is 0 Å². The van der Waals surface area contributed by atoms with Gasteiger partial charge in [0.1, 0.15) is 12.6 Å². The summed E-state index contributed by atoms with van der Waals surface area (Å²) < 4.78 is 1.70. The first kappa shape index (κ1) is 8.44. The van der Waals surface area contributed by atoms with Crippen LogP contribution in [0.4, 0.5) is 0 Å². The number of benzene rings is 1. The summed E-state index contributed by atoms with van der Waals surface area (Å²) in [4.78, 5) is 9.56. The van der Waals surface area contributed by atoms with Crippen LogP contribution < -0.4 is 4.84 Å². The fourth-order valence-electron chi connectivity index (χ4n) is 1.36. The van der Waals surface area contributed by atoms with Gasteiger partial charge < -0.3 is 4.84 Å². The molecule has 0 saturated carbocycles. The molecule has 1 aromatic carbocycles. The number of fused-ring (bicyclic) bond motifs is 1. The lowest BCUT2D eigenvalue weighted by Gasteiger charge is -2.03. The Morgan fingerprint density at radius 1 is 1.46 bits per heavy atom. The number of aromatic nitrogens is 2. The second kappa shape index (κ2) is 3.30. The molecule has 2 rings (SSSR count). The number of imidazole rings is 1. The van der Waals surface area contributed by atoms with Gasteiger partial charge in [-0.3, -0.25) is 0 Å². The van der Waals surface area contributed by atoms with Crippen LogP contribution in [-0.2, 0) is 5.75 Å².